The molecule has 0 radical (unpaired) electrons. The van der Waals surface area contributed by atoms with E-state index in [4.69, 9.17) is 0 Å². The Bertz CT molecular complexity index is 494. The molecule has 2 heterocycles. The van der Waals surface area contributed by atoms with E-state index in [1.54, 1.807) is 18.5 Å². The molecule has 1 unspecified atom stereocenters. The number of nitrogens with zero attached hydrogens (tertiary/aromatic N) is 4. The highest BCUT2D eigenvalue weighted by atomic mass is 16.5. The van der Waals surface area contributed by atoms with E-state index in [1.165, 1.54) is 12.0 Å². The zero-order valence-corrected chi connectivity index (χ0v) is 12.4. The molecule has 0 bridgehead atoms. The Balaban J connectivity index is 2.11. The Hall–Kier alpha value is -2.18. The van der Waals surface area contributed by atoms with Crippen LogP contribution in [0.1, 0.15) is 19.8 Å². The first-order chi connectivity index (χ1) is 10.2. The first-order valence-electron chi connectivity index (χ1n) is 7.06. The number of aromatic nitrogens is 2. The van der Waals surface area contributed by atoms with Crippen molar-refractivity contribution in [3.8, 4) is 0 Å². The molecule has 0 aromatic carbocycles. The average molecular weight is 292 g/mol. The van der Waals surface area contributed by atoms with Crippen molar-refractivity contribution < 1.29 is 14.3 Å². The van der Waals surface area contributed by atoms with Gasteiger partial charge in [-0.1, -0.05) is 0 Å². The Labute approximate surface area is 123 Å². The second-order valence-electron chi connectivity index (χ2n) is 4.83. The van der Waals surface area contributed by atoms with Crippen molar-refractivity contribution in [2.24, 2.45) is 0 Å². The molecule has 1 fully saturated rings. The number of likely N-dealkylation sites (N-methyl/N-ethyl adjacent to an activating group) is 1. The summed E-state index contributed by atoms with van der Waals surface area (Å²) in [7, 11) is 1.32. The van der Waals surface area contributed by atoms with Crippen LogP contribution in [0.4, 0.5) is 5.95 Å². The van der Waals surface area contributed by atoms with Gasteiger partial charge < -0.3 is 14.5 Å². The van der Waals surface area contributed by atoms with E-state index in [9.17, 15) is 9.59 Å². The zero-order chi connectivity index (χ0) is 15.2. The highest BCUT2D eigenvalue weighted by molar-refractivity contribution is 5.88. The third-order valence-electron chi connectivity index (χ3n) is 3.59. The van der Waals surface area contributed by atoms with Crippen LogP contribution in [-0.2, 0) is 14.3 Å². The van der Waals surface area contributed by atoms with Gasteiger partial charge in [-0.3, -0.25) is 9.59 Å². The van der Waals surface area contributed by atoms with Gasteiger partial charge in [0.25, 0.3) is 0 Å². The Morgan fingerprint density at radius 1 is 1.43 bits per heavy atom. The highest BCUT2D eigenvalue weighted by Gasteiger charge is 2.35. The quantitative estimate of drug-likeness (QED) is 0.734. The molecule has 1 amide bonds. The van der Waals surface area contributed by atoms with Crippen LogP contribution in [0, 0.1) is 0 Å². The van der Waals surface area contributed by atoms with Crippen LogP contribution in [-0.4, -0.2) is 59.5 Å². The lowest BCUT2D eigenvalue weighted by Gasteiger charge is -2.28. The van der Waals surface area contributed by atoms with Gasteiger partial charge in [0.05, 0.1) is 7.11 Å². The predicted molar refractivity (Wildman–Crippen MR) is 76.7 cm³/mol. The minimum Gasteiger partial charge on any atom is -0.468 e. The van der Waals surface area contributed by atoms with Crippen LogP contribution in [0.3, 0.4) is 0 Å². The van der Waals surface area contributed by atoms with Gasteiger partial charge in [-0.05, 0) is 25.8 Å². The Morgan fingerprint density at radius 2 is 2.14 bits per heavy atom. The molecule has 1 aliphatic rings. The standard InChI is InChI=1S/C14H20N4O3/c1-3-17(10-12(19)21-2)13(20)11-6-4-9-18(11)14-15-7-5-8-16-14/h5,7-8,11H,3-4,6,9-10H2,1-2H3. The van der Waals surface area contributed by atoms with E-state index in [0.29, 0.717) is 12.5 Å². The maximum absolute atomic E-state index is 12.6. The van der Waals surface area contributed by atoms with Crippen LogP contribution in [0.2, 0.25) is 0 Å². The van der Waals surface area contributed by atoms with E-state index in [-0.39, 0.29) is 18.5 Å². The Kier molecular flexibility index (Phi) is 5.08. The molecule has 0 spiro atoms. The minimum absolute atomic E-state index is 0.0220. The van der Waals surface area contributed by atoms with E-state index < -0.39 is 5.97 Å². The second-order valence-corrected chi connectivity index (χ2v) is 4.83. The van der Waals surface area contributed by atoms with Crippen molar-refractivity contribution in [3.63, 3.8) is 0 Å². The fourth-order valence-corrected chi connectivity index (χ4v) is 2.48. The summed E-state index contributed by atoms with van der Waals surface area (Å²) in [5, 5.41) is 0. The second kappa shape index (κ2) is 7.01. The van der Waals surface area contributed by atoms with Crippen LogP contribution in [0.5, 0.6) is 0 Å². The molecular weight excluding hydrogens is 272 g/mol. The molecule has 7 heteroatoms. The van der Waals surface area contributed by atoms with Crippen LogP contribution >= 0.6 is 0 Å². The predicted octanol–water partition coefficient (Wildman–Crippen LogP) is 0.467. The summed E-state index contributed by atoms with van der Waals surface area (Å²) in [5.74, 6) is 0.0704. The third kappa shape index (κ3) is 3.48. The van der Waals surface area contributed by atoms with E-state index >= 15 is 0 Å². The van der Waals surface area contributed by atoms with E-state index in [1.807, 2.05) is 11.8 Å². The molecule has 0 saturated carbocycles. The largest absolute Gasteiger partial charge is 0.468 e. The molecule has 1 aromatic rings. The monoisotopic (exact) mass is 292 g/mol. The molecule has 1 saturated heterocycles. The van der Waals surface area contributed by atoms with Gasteiger partial charge in [-0.15, -0.1) is 0 Å². The zero-order valence-electron chi connectivity index (χ0n) is 12.4. The topological polar surface area (TPSA) is 75.6 Å². The summed E-state index contributed by atoms with van der Waals surface area (Å²) in [5.41, 5.74) is 0. The Morgan fingerprint density at radius 3 is 2.76 bits per heavy atom. The molecular formula is C14H20N4O3. The fraction of sp³-hybridized carbons (Fsp3) is 0.571. The molecule has 7 nitrogen and oxygen atoms in total. The number of rotatable bonds is 5. The molecule has 1 aliphatic heterocycles. The van der Waals surface area contributed by atoms with Crippen molar-refractivity contribution in [2.75, 3.05) is 31.6 Å². The lowest BCUT2D eigenvalue weighted by Crippen LogP contribution is -2.48. The van der Waals surface area contributed by atoms with Gasteiger partial charge in [0, 0.05) is 25.5 Å². The van der Waals surface area contributed by atoms with Gasteiger partial charge in [0.15, 0.2) is 0 Å². The number of ether oxygens (including phenoxy) is 1. The van der Waals surface area contributed by atoms with Gasteiger partial charge in [0.1, 0.15) is 12.6 Å². The number of methoxy groups -OCH3 is 1. The smallest absolute Gasteiger partial charge is 0.325 e. The molecule has 1 atom stereocenters. The third-order valence-corrected chi connectivity index (χ3v) is 3.59. The van der Waals surface area contributed by atoms with Crippen molar-refractivity contribution in [3.05, 3.63) is 18.5 Å². The number of amides is 1. The maximum atomic E-state index is 12.6. The van der Waals surface area contributed by atoms with Crippen molar-refractivity contribution in [1.29, 1.82) is 0 Å². The molecule has 21 heavy (non-hydrogen) atoms. The van der Waals surface area contributed by atoms with Gasteiger partial charge in [0.2, 0.25) is 11.9 Å². The van der Waals surface area contributed by atoms with Crippen molar-refractivity contribution in [2.45, 2.75) is 25.8 Å². The summed E-state index contributed by atoms with van der Waals surface area (Å²) in [6.45, 7) is 3.04. The molecule has 2 rings (SSSR count). The lowest BCUT2D eigenvalue weighted by molar-refractivity contribution is -0.147. The number of carbonyl (C=O) groups excluding carboxylic acids is 2. The fourth-order valence-electron chi connectivity index (χ4n) is 2.48. The number of esters is 1. The summed E-state index contributed by atoms with van der Waals surface area (Å²) in [6, 6.07) is 1.43. The average Bonchev–Trinajstić information content (AvgIpc) is 3.02. The molecule has 114 valence electrons. The van der Waals surface area contributed by atoms with Crippen LogP contribution in [0.15, 0.2) is 18.5 Å². The van der Waals surface area contributed by atoms with Gasteiger partial charge in [-0.2, -0.15) is 0 Å². The van der Waals surface area contributed by atoms with Crippen LogP contribution in [0.25, 0.3) is 0 Å². The maximum Gasteiger partial charge on any atom is 0.325 e. The SMILES string of the molecule is CCN(CC(=O)OC)C(=O)C1CCCN1c1ncccn1. The highest BCUT2D eigenvalue weighted by Crippen LogP contribution is 2.23. The lowest BCUT2D eigenvalue weighted by atomic mass is 10.2. The molecule has 0 aliphatic carbocycles. The van der Waals surface area contributed by atoms with Crippen molar-refractivity contribution >= 4 is 17.8 Å². The molecule has 0 N–H and O–H groups in total. The first-order valence-corrected chi connectivity index (χ1v) is 7.06. The normalized spacial score (nSPS) is 17.6. The van der Waals surface area contributed by atoms with Crippen LogP contribution < -0.4 is 4.90 Å². The number of carbonyl (C=O) groups is 2. The summed E-state index contributed by atoms with van der Waals surface area (Å²) in [4.78, 5) is 35.9. The van der Waals surface area contributed by atoms with Gasteiger partial charge >= 0.3 is 5.97 Å². The summed E-state index contributed by atoms with van der Waals surface area (Å²) in [6.07, 6.45) is 4.97. The minimum atomic E-state index is -0.411. The van der Waals surface area contributed by atoms with E-state index in [2.05, 4.69) is 14.7 Å². The summed E-state index contributed by atoms with van der Waals surface area (Å²) < 4.78 is 4.64. The number of hydrogen-bond acceptors (Lipinski definition) is 6. The number of anilines is 1. The van der Waals surface area contributed by atoms with Gasteiger partial charge in [-0.25, -0.2) is 9.97 Å². The molecule has 1 aromatic heterocycles. The number of hydrogen-bond donors (Lipinski definition) is 0. The van der Waals surface area contributed by atoms with E-state index in [0.717, 1.165) is 19.4 Å². The first kappa shape index (κ1) is 15.2. The summed E-state index contributed by atoms with van der Waals surface area (Å²) >= 11 is 0. The van der Waals surface area contributed by atoms with Crippen molar-refractivity contribution in [1.82, 2.24) is 14.9 Å².